The fourth-order valence-electron chi connectivity index (χ4n) is 2.21. The van der Waals surface area contributed by atoms with E-state index in [0.717, 1.165) is 38.3 Å². The Hall–Kier alpha value is -1.13. The molecule has 1 atom stereocenters. The predicted octanol–water partition coefficient (Wildman–Crippen LogP) is 1.77. The van der Waals surface area contributed by atoms with E-state index in [0.29, 0.717) is 12.6 Å². The van der Waals surface area contributed by atoms with Crippen molar-refractivity contribution >= 4 is 5.69 Å². The number of anilines is 1. The van der Waals surface area contributed by atoms with Crippen molar-refractivity contribution in [3.05, 3.63) is 30.1 Å². The van der Waals surface area contributed by atoms with E-state index < -0.39 is 0 Å². The molecule has 1 aromatic carbocycles. The summed E-state index contributed by atoms with van der Waals surface area (Å²) in [5, 5.41) is 0. The van der Waals surface area contributed by atoms with Gasteiger partial charge in [0, 0.05) is 18.8 Å². The highest BCUT2D eigenvalue weighted by Gasteiger charge is 2.23. The third-order valence-corrected chi connectivity index (χ3v) is 3.09. The molecule has 0 amide bonds. The first kappa shape index (κ1) is 12.3. The summed E-state index contributed by atoms with van der Waals surface area (Å²) in [5.74, 6) is -0.195. The number of nitrogens with zero attached hydrogens (tertiary/aromatic N) is 1. The van der Waals surface area contributed by atoms with Gasteiger partial charge in [-0.2, -0.15) is 0 Å². The van der Waals surface area contributed by atoms with Crippen LogP contribution in [0.1, 0.15) is 12.8 Å². The SMILES string of the molecule is NCCCN(c1cccc(F)c1)C1CCOC1. The minimum Gasteiger partial charge on any atom is -0.379 e. The van der Waals surface area contributed by atoms with Gasteiger partial charge in [-0.05, 0) is 37.6 Å². The second-order valence-corrected chi connectivity index (χ2v) is 4.33. The van der Waals surface area contributed by atoms with Gasteiger partial charge in [0.2, 0.25) is 0 Å². The average Bonchev–Trinajstić information content (AvgIpc) is 2.83. The topological polar surface area (TPSA) is 38.5 Å². The van der Waals surface area contributed by atoms with Crippen molar-refractivity contribution in [3.8, 4) is 0 Å². The fourth-order valence-corrected chi connectivity index (χ4v) is 2.21. The smallest absolute Gasteiger partial charge is 0.125 e. The highest BCUT2D eigenvalue weighted by molar-refractivity contribution is 5.47. The van der Waals surface area contributed by atoms with Crippen molar-refractivity contribution in [2.24, 2.45) is 5.73 Å². The molecule has 94 valence electrons. The molecule has 2 N–H and O–H groups in total. The standard InChI is InChI=1S/C13H19FN2O/c14-11-3-1-4-12(9-11)16(7-2-6-15)13-5-8-17-10-13/h1,3-4,9,13H,2,5-8,10,15H2. The van der Waals surface area contributed by atoms with Gasteiger partial charge in [-0.1, -0.05) is 6.07 Å². The number of benzene rings is 1. The Bertz CT molecular complexity index is 353. The van der Waals surface area contributed by atoms with Crippen LogP contribution in [-0.2, 0) is 4.74 Å². The molecule has 1 unspecified atom stereocenters. The Balaban J connectivity index is 2.13. The molecule has 4 heteroatoms. The summed E-state index contributed by atoms with van der Waals surface area (Å²) in [4.78, 5) is 2.21. The number of nitrogens with two attached hydrogens (primary N) is 1. The molecule has 0 spiro atoms. The van der Waals surface area contributed by atoms with E-state index in [2.05, 4.69) is 4.90 Å². The van der Waals surface area contributed by atoms with Gasteiger partial charge in [0.1, 0.15) is 5.82 Å². The lowest BCUT2D eigenvalue weighted by Gasteiger charge is -2.30. The summed E-state index contributed by atoms with van der Waals surface area (Å²) in [6.45, 7) is 3.02. The van der Waals surface area contributed by atoms with Gasteiger partial charge in [-0.3, -0.25) is 0 Å². The van der Waals surface area contributed by atoms with Gasteiger partial charge in [0.25, 0.3) is 0 Å². The second-order valence-electron chi connectivity index (χ2n) is 4.33. The van der Waals surface area contributed by atoms with Crippen LogP contribution in [0.5, 0.6) is 0 Å². The lowest BCUT2D eigenvalue weighted by Crippen LogP contribution is -2.37. The minimum atomic E-state index is -0.195. The predicted molar refractivity (Wildman–Crippen MR) is 66.6 cm³/mol. The van der Waals surface area contributed by atoms with Crippen LogP contribution in [0.4, 0.5) is 10.1 Å². The van der Waals surface area contributed by atoms with Crippen molar-refractivity contribution in [3.63, 3.8) is 0 Å². The van der Waals surface area contributed by atoms with E-state index in [-0.39, 0.29) is 5.82 Å². The van der Waals surface area contributed by atoms with E-state index in [1.54, 1.807) is 12.1 Å². The number of hydrogen-bond acceptors (Lipinski definition) is 3. The Labute approximate surface area is 101 Å². The lowest BCUT2D eigenvalue weighted by atomic mass is 10.1. The van der Waals surface area contributed by atoms with Crippen molar-refractivity contribution in [2.75, 3.05) is 31.2 Å². The fraction of sp³-hybridized carbons (Fsp3) is 0.538. The first-order valence-electron chi connectivity index (χ1n) is 6.11. The molecule has 0 radical (unpaired) electrons. The summed E-state index contributed by atoms with van der Waals surface area (Å²) in [6, 6.07) is 7.08. The molecule has 0 aromatic heterocycles. The van der Waals surface area contributed by atoms with Crippen LogP contribution < -0.4 is 10.6 Å². The van der Waals surface area contributed by atoms with E-state index >= 15 is 0 Å². The third-order valence-electron chi connectivity index (χ3n) is 3.09. The molecule has 1 fully saturated rings. The molecule has 3 nitrogen and oxygen atoms in total. The highest BCUT2D eigenvalue weighted by Crippen LogP contribution is 2.22. The van der Waals surface area contributed by atoms with Crippen LogP contribution in [0, 0.1) is 5.82 Å². The maximum Gasteiger partial charge on any atom is 0.125 e. The van der Waals surface area contributed by atoms with Crippen molar-refractivity contribution in [1.82, 2.24) is 0 Å². The zero-order chi connectivity index (χ0) is 12.1. The molecule has 2 rings (SSSR count). The van der Waals surface area contributed by atoms with Crippen LogP contribution in [0.25, 0.3) is 0 Å². The summed E-state index contributed by atoms with van der Waals surface area (Å²) < 4.78 is 18.7. The summed E-state index contributed by atoms with van der Waals surface area (Å²) >= 11 is 0. The summed E-state index contributed by atoms with van der Waals surface area (Å²) in [5.41, 5.74) is 6.48. The summed E-state index contributed by atoms with van der Waals surface area (Å²) in [6.07, 6.45) is 1.91. The molecular weight excluding hydrogens is 219 g/mol. The Kier molecular flexibility index (Phi) is 4.34. The Morgan fingerprint density at radius 3 is 3.00 bits per heavy atom. The zero-order valence-corrected chi connectivity index (χ0v) is 9.94. The van der Waals surface area contributed by atoms with Gasteiger partial charge >= 0.3 is 0 Å². The normalized spacial score (nSPS) is 19.5. The molecule has 0 aliphatic carbocycles. The van der Waals surface area contributed by atoms with Gasteiger partial charge in [0.15, 0.2) is 0 Å². The van der Waals surface area contributed by atoms with Gasteiger partial charge in [-0.25, -0.2) is 4.39 Å². The molecule has 1 heterocycles. The molecule has 17 heavy (non-hydrogen) atoms. The minimum absolute atomic E-state index is 0.195. The maximum atomic E-state index is 13.3. The van der Waals surface area contributed by atoms with Crippen molar-refractivity contribution in [1.29, 1.82) is 0 Å². The molecular formula is C13H19FN2O. The van der Waals surface area contributed by atoms with Crippen molar-refractivity contribution < 1.29 is 9.13 Å². The quantitative estimate of drug-likeness (QED) is 0.849. The average molecular weight is 238 g/mol. The largest absolute Gasteiger partial charge is 0.379 e. The maximum absolute atomic E-state index is 13.3. The van der Waals surface area contributed by atoms with Gasteiger partial charge in [-0.15, -0.1) is 0 Å². The monoisotopic (exact) mass is 238 g/mol. The molecule has 1 aliphatic heterocycles. The van der Waals surface area contributed by atoms with Crippen LogP contribution in [0.15, 0.2) is 24.3 Å². The van der Waals surface area contributed by atoms with Crippen LogP contribution >= 0.6 is 0 Å². The van der Waals surface area contributed by atoms with Gasteiger partial charge in [0.05, 0.1) is 12.6 Å². The Morgan fingerprint density at radius 2 is 2.35 bits per heavy atom. The number of hydrogen-bond donors (Lipinski definition) is 1. The van der Waals surface area contributed by atoms with Crippen LogP contribution in [0.3, 0.4) is 0 Å². The molecule has 0 bridgehead atoms. The van der Waals surface area contributed by atoms with Crippen molar-refractivity contribution in [2.45, 2.75) is 18.9 Å². The van der Waals surface area contributed by atoms with Crippen LogP contribution in [-0.4, -0.2) is 32.3 Å². The Morgan fingerprint density at radius 1 is 1.47 bits per heavy atom. The molecule has 1 saturated heterocycles. The van der Waals surface area contributed by atoms with E-state index in [4.69, 9.17) is 10.5 Å². The first-order chi connectivity index (χ1) is 8.31. The van der Waals surface area contributed by atoms with E-state index in [9.17, 15) is 4.39 Å². The number of rotatable bonds is 5. The zero-order valence-electron chi connectivity index (χ0n) is 9.94. The summed E-state index contributed by atoms with van der Waals surface area (Å²) in [7, 11) is 0. The second kappa shape index (κ2) is 5.98. The van der Waals surface area contributed by atoms with E-state index in [1.807, 2.05) is 6.07 Å². The highest BCUT2D eigenvalue weighted by atomic mass is 19.1. The number of ether oxygens (including phenoxy) is 1. The van der Waals surface area contributed by atoms with Gasteiger partial charge < -0.3 is 15.4 Å². The molecule has 1 aromatic rings. The van der Waals surface area contributed by atoms with Crippen LogP contribution in [0.2, 0.25) is 0 Å². The first-order valence-corrected chi connectivity index (χ1v) is 6.11. The third kappa shape index (κ3) is 3.17. The molecule has 0 saturated carbocycles. The number of halogens is 1. The lowest BCUT2D eigenvalue weighted by molar-refractivity contribution is 0.193. The van der Waals surface area contributed by atoms with E-state index in [1.165, 1.54) is 6.07 Å². The molecule has 1 aliphatic rings.